The van der Waals surface area contributed by atoms with E-state index < -0.39 is 0 Å². The molecule has 5 heteroatoms. The van der Waals surface area contributed by atoms with Gasteiger partial charge in [-0.3, -0.25) is 9.59 Å². The van der Waals surface area contributed by atoms with E-state index in [4.69, 9.17) is 4.74 Å². The van der Waals surface area contributed by atoms with E-state index in [0.717, 1.165) is 25.9 Å². The fourth-order valence-corrected chi connectivity index (χ4v) is 2.60. The van der Waals surface area contributed by atoms with Crippen LogP contribution < -0.4 is 10.2 Å². The van der Waals surface area contributed by atoms with Crippen LogP contribution in [0, 0.1) is 5.92 Å². The van der Waals surface area contributed by atoms with Crippen molar-refractivity contribution < 1.29 is 19.2 Å². The van der Waals surface area contributed by atoms with Crippen molar-refractivity contribution >= 4 is 11.9 Å². The zero-order valence-corrected chi connectivity index (χ0v) is 12.4. The average molecular weight is 291 g/mol. The Kier molecular flexibility index (Phi) is 5.75. The molecule has 0 saturated carbocycles. The first-order valence-corrected chi connectivity index (χ1v) is 7.54. The minimum Gasteiger partial charge on any atom is -0.466 e. The van der Waals surface area contributed by atoms with E-state index >= 15 is 0 Å². The maximum Gasteiger partial charge on any atom is 0.309 e. The summed E-state index contributed by atoms with van der Waals surface area (Å²) >= 11 is 0. The third kappa shape index (κ3) is 4.56. The van der Waals surface area contributed by atoms with Gasteiger partial charge in [0.25, 0.3) is 5.91 Å². The Bertz CT molecular complexity index is 468. The van der Waals surface area contributed by atoms with Crippen LogP contribution in [-0.2, 0) is 9.53 Å². The van der Waals surface area contributed by atoms with Crippen LogP contribution in [-0.4, -0.2) is 38.2 Å². The summed E-state index contributed by atoms with van der Waals surface area (Å²) in [4.78, 5) is 24.9. The van der Waals surface area contributed by atoms with Crippen molar-refractivity contribution in [2.24, 2.45) is 5.92 Å². The third-order valence-electron chi connectivity index (χ3n) is 3.85. The number of hydrogen-bond donors (Lipinski definition) is 2. The lowest BCUT2D eigenvalue weighted by Crippen LogP contribution is -3.14. The lowest BCUT2D eigenvalue weighted by molar-refractivity contribution is -0.907. The molecule has 1 aliphatic heterocycles. The first-order valence-electron chi connectivity index (χ1n) is 7.54. The number of carbonyl (C=O) groups excluding carboxylic acids is 2. The minimum absolute atomic E-state index is 0.0264. The summed E-state index contributed by atoms with van der Waals surface area (Å²) in [5, 5.41) is 2.95. The normalized spacial score (nSPS) is 21.6. The molecular weight excluding hydrogens is 268 g/mol. The quantitative estimate of drug-likeness (QED) is 0.764. The second-order valence-electron chi connectivity index (χ2n) is 5.33. The number of hydrogen-bond acceptors (Lipinski definition) is 3. The summed E-state index contributed by atoms with van der Waals surface area (Å²) in [7, 11) is 0. The fourth-order valence-electron chi connectivity index (χ4n) is 2.60. The molecule has 0 aromatic heterocycles. The van der Waals surface area contributed by atoms with Gasteiger partial charge in [0.1, 0.15) is 0 Å². The molecule has 114 valence electrons. The van der Waals surface area contributed by atoms with E-state index in [1.807, 2.05) is 25.1 Å². The van der Waals surface area contributed by atoms with Gasteiger partial charge in [-0.05, 0) is 19.1 Å². The Morgan fingerprint density at radius 3 is 2.52 bits per heavy atom. The molecule has 21 heavy (non-hydrogen) atoms. The van der Waals surface area contributed by atoms with Crippen molar-refractivity contribution in [3.63, 3.8) is 0 Å². The largest absolute Gasteiger partial charge is 0.466 e. The number of benzene rings is 1. The molecule has 1 aliphatic rings. The van der Waals surface area contributed by atoms with E-state index in [9.17, 15) is 9.59 Å². The van der Waals surface area contributed by atoms with Crippen molar-refractivity contribution in [2.75, 3.05) is 26.4 Å². The summed E-state index contributed by atoms with van der Waals surface area (Å²) in [5.74, 6) is -0.0981. The highest BCUT2D eigenvalue weighted by atomic mass is 16.5. The maximum atomic E-state index is 11.9. The van der Waals surface area contributed by atoms with Gasteiger partial charge >= 0.3 is 5.97 Å². The van der Waals surface area contributed by atoms with Crippen LogP contribution in [0.3, 0.4) is 0 Å². The monoisotopic (exact) mass is 291 g/mol. The highest BCUT2D eigenvalue weighted by Crippen LogP contribution is 2.11. The number of amides is 1. The molecule has 1 aromatic rings. The molecule has 1 aromatic carbocycles. The predicted octanol–water partition coefficient (Wildman–Crippen LogP) is 0.232. The standard InChI is InChI=1S/C16H22N2O3/c1-2-21-16(20)14-8-10-18(11-9-14)12-17-15(19)13-6-4-3-5-7-13/h3-7,14H,2,8-12H2,1H3,(H,17,19)/p+1. The SMILES string of the molecule is CCOC(=O)C1CC[NH+](CNC(=O)c2ccccc2)CC1. The van der Waals surface area contributed by atoms with Crippen LogP contribution in [0.15, 0.2) is 30.3 Å². The lowest BCUT2D eigenvalue weighted by atomic mass is 9.97. The lowest BCUT2D eigenvalue weighted by Gasteiger charge is -2.28. The summed E-state index contributed by atoms with van der Waals surface area (Å²) in [6, 6.07) is 9.21. The molecule has 2 rings (SSSR count). The van der Waals surface area contributed by atoms with Crippen LogP contribution in [0.1, 0.15) is 30.1 Å². The maximum absolute atomic E-state index is 11.9. The van der Waals surface area contributed by atoms with Crippen molar-refractivity contribution in [3.05, 3.63) is 35.9 Å². The zero-order chi connectivity index (χ0) is 15.1. The van der Waals surface area contributed by atoms with Crippen molar-refractivity contribution in [1.82, 2.24) is 5.32 Å². The zero-order valence-electron chi connectivity index (χ0n) is 12.4. The minimum atomic E-state index is -0.0788. The molecule has 1 saturated heterocycles. The molecule has 1 heterocycles. The van der Waals surface area contributed by atoms with Gasteiger partial charge in [-0.25, -0.2) is 0 Å². The molecule has 1 amide bonds. The number of piperidine rings is 1. The Labute approximate surface area is 125 Å². The summed E-state index contributed by atoms with van der Waals surface area (Å²) in [6.07, 6.45) is 1.66. The molecule has 0 atom stereocenters. The molecule has 1 fully saturated rings. The van der Waals surface area contributed by atoms with Crippen LogP contribution in [0.2, 0.25) is 0 Å². The van der Waals surface area contributed by atoms with Gasteiger partial charge in [-0.1, -0.05) is 18.2 Å². The highest BCUT2D eigenvalue weighted by Gasteiger charge is 2.28. The Morgan fingerprint density at radius 1 is 1.24 bits per heavy atom. The van der Waals surface area contributed by atoms with E-state index in [1.54, 1.807) is 12.1 Å². The first-order chi connectivity index (χ1) is 10.2. The number of nitrogens with one attached hydrogen (secondary N) is 2. The number of quaternary nitrogens is 1. The fraction of sp³-hybridized carbons (Fsp3) is 0.500. The molecule has 0 aliphatic carbocycles. The van der Waals surface area contributed by atoms with E-state index in [-0.39, 0.29) is 17.8 Å². The average Bonchev–Trinajstić information content (AvgIpc) is 2.54. The van der Waals surface area contributed by atoms with Gasteiger partial charge in [0.15, 0.2) is 6.67 Å². The Morgan fingerprint density at radius 2 is 1.90 bits per heavy atom. The van der Waals surface area contributed by atoms with Gasteiger partial charge in [0, 0.05) is 18.4 Å². The first kappa shape index (κ1) is 15.5. The molecule has 0 bridgehead atoms. The van der Waals surface area contributed by atoms with E-state index in [2.05, 4.69) is 5.32 Å². The van der Waals surface area contributed by atoms with Crippen LogP contribution in [0.4, 0.5) is 0 Å². The van der Waals surface area contributed by atoms with Gasteiger partial charge in [0.05, 0.1) is 25.6 Å². The topological polar surface area (TPSA) is 59.8 Å². The molecule has 0 radical (unpaired) electrons. The van der Waals surface area contributed by atoms with Crippen molar-refractivity contribution in [3.8, 4) is 0 Å². The van der Waals surface area contributed by atoms with Crippen molar-refractivity contribution in [1.29, 1.82) is 0 Å². The van der Waals surface area contributed by atoms with Gasteiger partial charge in [0.2, 0.25) is 0 Å². The van der Waals surface area contributed by atoms with Crippen LogP contribution >= 0.6 is 0 Å². The predicted molar refractivity (Wildman–Crippen MR) is 78.8 cm³/mol. The number of ether oxygens (including phenoxy) is 1. The van der Waals surface area contributed by atoms with E-state index in [0.29, 0.717) is 18.8 Å². The number of likely N-dealkylation sites (tertiary alicyclic amines) is 1. The number of carbonyl (C=O) groups is 2. The Hall–Kier alpha value is -1.88. The summed E-state index contributed by atoms with van der Waals surface area (Å²) < 4.78 is 5.05. The summed E-state index contributed by atoms with van der Waals surface area (Å²) in [5.41, 5.74) is 0.679. The number of esters is 1. The highest BCUT2D eigenvalue weighted by molar-refractivity contribution is 5.93. The van der Waals surface area contributed by atoms with Gasteiger partial charge < -0.3 is 15.0 Å². The van der Waals surface area contributed by atoms with E-state index in [1.165, 1.54) is 4.90 Å². The number of rotatable bonds is 5. The molecule has 0 unspecified atom stereocenters. The molecular formula is C16H23N2O3+. The van der Waals surface area contributed by atoms with Crippen LogP contribution in [0.5, 0.6) is 0 Å². The molecule has 0 spiro atoms. The Balaban J connectivity index is 1.72. The molecule has 5 nitrogen and oxygen atoms in total. The second kappa shape index (κ2) is 7.78. The smallest absolute Gasteiger partial charge is 0.309 e. The third-order valence-corrected chi connectivity index (χ3v) is 3.85. The van der Waals surface area contributed by atoms with Crippen LogP contribution in [0.25, 0.3) is 0 Å². The molecule has 2 N–H and O–H groups in total. The second-order valence-corrected chi connectivity index (χ2v) is 5.33. The van der Waals surface area contributed by atoms with Crippen molar-refractivity contribution in [2.45, 2.75) is 19.8 Å². The summed E-state index contributed by atoms with van der Waals surface area (Å²) in [6.45, 7) is 4.65. The van der Waals surface area contributed by atoms with Gasteiger partial charge in [-0.15, -0.1) is 0 Å². The van der Waals surface area contributed by atoms with Gasteiger partial charge in [-0.2, -0.15) is 0 Å².